The van der Waals surface area contributed by atoms with Crippen LogP contribution in [-0.2, 0) is 0 Å². The molecule has 2 heteroatoms. The summed E-state index contributed by atoms with van der Waals surface area (Å²) in [6, 6.07) is 0. The van der Waals surface area contributed by atoms with Crippen LogP contribution < -0.4 is 0 Å². The van der Waals surface area contributed by atoms with Crippen LogP contribution in [0.3, 0.4) is 0 Å². The van der Waals surface area contributed by atoms with Crippen LogP contribution >= 0.6 is 25.3 Å². The van der Waals surface area contributed by atoms with Gasteiger partial charge in [0, 0.05) is 10.5 Å². The van der Waals surface area contributed by atoms with Crippen LogP contribution in [0.5, 0.6) is 0 Å². The fourth-order valence-electron chi connectivity index (χ4n) is 4.07. The van der Waals surface area contributed by atoms with Crippen molar-refractivity contribution >= 4 is 25.3 Å². The first-order chi connectivity index (χ1) is 13.7. The Hall–Kier alpha value is 0.700. The summed E-state index contributed by atoms with van der Waals surface area (Å²) in [6.45, 7) is 4.59. The number of hydrogen-bond donors (Lipinski definition) is 2. The molecule has 0 nitrogen and oxygen atoms in total. The topological polar surface area (TPSA) is 0 Å². The van der Waals surface area contributed by atoms with E-state index in [-0.39, 0.29) is 0 Å². The van der Waals surface area contributed by atoms with Gasteiger partial charge < -0.3 is 0 Å². The summed E-state index contributed by atoms with van der Waals surface area (Å²) >= 11 is 9.68. The Morgan fingerprint density at radius 2 is 0.571 bits per heavy atom. The van der Waals surface area contributed by atoms with Gasteiger partial charge in [-0.3, -0.25) is 0 Å². The molecule has 2 unspecified atom stereocenters. The molecule has 170 valence electrons. The Bertz CT molecular complexity index is 280. The van der Waals surface area contributed by atoms with Crippen molar-refractivity contribution in [1.82, 2.24) is 0 Å². The molecule has 0 bridgehead atoms. The van der Waals surface area contributed by atoms with Gasteiger partial charge >= 0.3 is 0 Å². The van der Waals surface area contributed by atoms with Crippen LogP contribution in [0, 0.1) is 0 Å². The van der Waals surface area contributed by atoms with Crippen molar-refractivity contribution in [2.24, 2.45) is 0 Å². The van der Waals surface area contributed by atoms with Crippen molar-refractivity contribution in [3.8, 4) is 0 Å². The van der Waals surface area contributed by atoms with E-state index < -0.39 is 0 Å². The minimum absolute atomic E-state index is 0.496. The molecule has 0 rings (SSSR count). The molecular weight excluding hydrogens is 376 g/mol. The highest BCUT2D eigenvalue weighted by molar-refractivity contribution is 7.85. The first kappa shape index (κ1) is 28.7. The van der Waals surface area contributed by atoms with E-state index in [4.69, 9.17) is 25.3 Å². The van der Waals surface area contributed by atoms with Gasteiger partial charge in [-0.1, -0.05) is 142 Å². The fourth-order valence-corrected chi connectivity index (χ4v) is 4.73. The van der Waals surface area contributed by atoms with Gasteiger partial charge in [-0.2, -0.15) is 25.3 Å². The number of hydrogen-bond acceptors (Lipinski definition) is 2. The minimum atomic E-state index is 0.496. The van der Waals surface area contributed by atoms with E-state index in [2.05, 4.69) is 13.8 Å². The van der Waals surface area contributed by atoms with Gasteiger partial charge in [0.05, 0.1) is 0 Å². The Kier molecular flexibility index (Phi) is 24.6. The van der Waals surface area contributed by atoms with Crippen molar-refractivity contribution in [1.29, 1.82) is 0 Å². The van der Waals surface area contributed by atoms with Gasteiger partial charge in [0.2, 0.25) is 0 Å². The molecule has 0 saturated carbocycles. The Labute approximate surface area is 190 Å². The van der Waals surface area contributed by atoms with E-state index in [0.29, 0.717) is 10.5 Å². The zero-order valence-electron chi connectivity index (χ0n) is 19.6. The van der Waals surface area contributed by atoms with Crippen molar-refractivity contribution in [2.45, 2.75) is 166 Å². The lowest BCUT2D eigenvalue weighted by Gasteiger charge is -2.18. The molecule has 0 aromatic heterocycles. The third kappa shape index (κ3) is 21.4. The standard InChI is InChI=1S/C26H54S2/c1-3-5-7-9-11-13-14-16-18-20-22-24-26(28)25(27)23-21-19-17-15-12-10-8-6-4-2/h25-28H,3-24H2,1-2H3. The van der Waals surface area contributed by atoms with Crippen molar-refractivity contribution in [3.63, 3.8) is 0 Å². The molecule has 0 spiro atoms. The maximum Gasteiger partial charge on any atom is 0.0133 e. The molecule has 0 aromatic rings. The van der Waals surface area contributed by atoms with E-state index in [1.54, 1.807) is 0 Å². The van der Waals surface area contributed by atoms with Crippen LogP contribution in [0.25, 0.3) is 0 Å². The molecule has 28 heavy (non-hydrogen) atoms. The highest BCUT2D eigenvalue weighted by Crippen LogP contribution is 2.22. The molecular formula is C26H54S2. The molecule has 0 fully saturated rings. The number of thiol groups is 2. The van der Waals surface area contributed by atoms with Crippen molar-refractivity contribution in [2.75, 3.05) is 0 Å². The van der Waals surface area contributed by atoms with Crippen LogP contribution in [-0.4, -0.2) is 10.5 Å². The molecule has 0 heterocycles. The molecule has 0 N–H and O–H groups in total. The smallest absolute Gasteiger partial charge is 0.0133 e. The summed E-state index contributed by atoms with van der Waals surface area (Å²) in [5, 5.41) is 0.993. The molecule has 2 atom stereocenters. The lowest BCUT2D eigenvalue weighted by Crippen LogP contribution is -2.15. The van der Waals surface area contributed by atoms with Gasteiger partial charge in [0.1, 0.15) is 0 Å². The maximum absolute atomic E-state index is 4.84. The molecule has 0 aliphatic carbocycles. The third-order valence-electron chi connectivity index (χ3n) is 6.15. The largest absolute Gasteiger partial charge is 0.175 e. The quantitative estimate of drug-likeness (QED) is 0.117. The zero-order chi connectivity index (χ0) is 20.7. The second-order valence-corrected chi connectivity index (χ2v) is 10.4. The second kappa shape index (κ2) is 24.0. The van der Waals surface area contributed by atoms with Gasteiger partial charge in [-0.15, -0.1) is 0 Å². The maximum atomic E-state index is 4.84. The van der Waals surface area contributed by atoms with E-state index in [1.807, 2.05) is 0 Å². The molecule has 0 radical (unpaired) electrons. The summed E-state index contributed by atoms with van der Waals surface area (Å²) in [4.78, 5) is 0. The van der Waals surface area contributed by atoms with Crippen molar-refractivity contribution < 1.29 is 0 Å². The average Bonchev–Trinajstić information content (AvgIpc) is 2.70. The van der Waals surface area contributed by atoms with Crippen LogP contribution in [0.2, 0.25) is 0 Å². The van der Waals surface area contributed by atoms with Crippen LogP contribution in [0.1, 0.15) is 155 Å². The predicted molar refractivity (Wildman–Crippen MR) is 138 cm³/mol. The monoisotopic (exact) mass is 430 g/mol. The average molecular weight is 431 g/mol. The lowest BCUT2D eigenvalue weighted by molar-refractivity contribution is 0.528. The Morgan fingerprint density at radius 1 is 0.357 bits per heavy atom. The van der Waals surface area contributed by atoms with Crippen LogP contribution in [0.4, 0.5) is 0 Å². The highest BCUT2D eigenvalue weighted by Gasteiger charge is 2.13. The second-order valence-electron chi connectivity index (χ2n) is 9.08. The highest BCUT2D eigenvalue weighted by atomic mass is 32.1. The van der Waals surface area contributed by atoms with Gasteiger partial charge in [-0.05, 0) is 12.8 Å². The third-order valence-corrected chi connectivity index (χ3v) is 7.62. The number of rotatable bonds is 23. The molecule has 0 saturated heterocycles. The Balaban J connectivity index is 3.30. The minimum Gasteiger partial charge on any atom is -0.175 e. The van der Waals surface area contributed by atoms with Gasteiger partial charge in [-0.25, -0.2) is 0 Å². The number of unbranched alkanes of at least 4 members (excludes halogenated alkanes) is 18. The van der Waals surface area contributed by atoms with E-state index in [9.17, 15) is 0 Å². The summed E-state index contributed by atoms with van der Waals surface area (Å²) in [5.41, 5.74) is 0. The van der Waals surface area contributed by atoms with Gasteiger partial charge in [0.25, 0.3) is 0 Å². The SMILES string of the molecule is CCCCCCCCCCCCCC(S)C(S)CCCCCCCCCCC. The zero-order valence-corrected chi connectivity index (χ0v) is 21.4. The van der Waals surface area contributed by atoms with Crippen LogP contribution in [0.15, 0.2) is 0 Å². The predicted octanol–water partition coefficient (Wildman–Crippen LogP) is 10.2. The van der Waals surface area contributed by atoms with E-state index >= 15 is 0 Å². The summed E-state index contributed by atoms with van der Waals surface area (Å²) in [5.74, 6) is 0. The summed E-state index contributed by atoms with van der Waals surface area (Å²) in [7, 11) is 0. The first-order valence-corrected chi connectivity index (χ1v) is 14.1. The molecule has 0 aliphatic rings. The fraction of sp³-hybridized carbons (Fsp3) is 1.00. The normalized spacial score (nSPS) is 13.7. The van der Waals surface area contributed by atoms with E-state index in [0.717, 1.165) is 0 Å². The first-order valence-electron chi connectivity index (χ1n) is 13.1. The summed E-state index contributed by atoms with van der Waals surface area (Å²) in [6.07, 6.45) is 30.9. The molecule has 0 amide bonds. The van der Waals surface area contributed by atoms with E-state index in [1.165, 1.54) is 141 Å². The summed E-state index contributed by atoms with van der Waals surface area (Å²) < 4.78 is 0. The Morgan fingerprint density at radius 3 is 0.821 bits per heavy atom. The molecule has 0 aliphatic heterocycles. The molecule has 0 aromatic carbocycles. The van der Waals surface area contributed by atoms with Gasteiger partial charge in [0.15, 0.2) is 0 Å². The lowest BCUT2D eigenvalue weighted by atomic mass is 10.0. The van der Waals surface area contributed by atoms with Crippen molar-refractivity contribution in [3.05, 3.63) is 0 Å².